The summed E-state index contributed by atoms with van der Waals surface area (Å²) in [6.45, 7) is 4.49. The minimum Gasteiger partial charge on any atom is -0.393 e. The van der Waals surface area contributed by atoms with Gasteiger partial charge in [0.05, 0.1) is 12.3 Å². The Morgan fingerprint density at radius 1 is 0.885 bits per heavy atom. The number of hydrogen-bond acceptors (Lipinski definition) is 10. The lowest BCUT2D eigenvalue weighted by atomic mass is 9.81. The van der Waals surface area contributed by atoms with Gasteiger partial charge in [-0.05, 0) is 6.42 Å². The van der Waals surface area contributed by atoms with Gasteiger partial charge in [-0.15, -0.1) is 0 Å². The molecule has 0 rings (SSSR count). The normalized spacial score (nSPS) is 13.7. The zero-order chi connectivity index (χ0) is 20.5. The number of hydrogen-bond donors (Lipinski definition) is 1. The maximum atomic E-state index is 12.2. The summed E-state index contributed by atoms with van der Waals surface area (Å²) in [5.41, 5.74) is -2.86. The van der Waals surface area contributed by atoms with Crippen LogP contribution in [-0.4, -0.2) is 46.5 Å². The van der Waals surface area contributed by atoms with Crippen molar-refractivity contribution in [2.75, 3.05) is 0 Å². The minimum atomic E-state index is -2.86. The fourth-order valence-corrected chi connectivity index (χ4v) is 2.15. The molecule has 0 fully saturated rings. The number of unbranched alkanes of at least 4 members (excludes halogenated alkanes) is 1. The smallest absolute Gasteiger partial charge is 0.347 e. The van der Waals surface area contributed by atoms with Gasteiger partial charge in [0, 0.05) is 20.8 Å². The van der Waals surface area contributed by atoms with Gasteiger partial charge < -0.3 is 19.3 Å². The Hall–Kier alpha value is -2.62. The van der Waals surface area contributed by atoms with Crippen molar-refractivity contribution < 1.29 is 48.1 Å². The molecule has 26 heavy (non-hydrogen) atoms. The van der Waals surface area contributed by atoms with E-state index < -0.39 is 53.8 Å². The van der Waals surface area contributed by atoms with E-state index in [9.17, 15) is 33.9 Å². The van der Waals surface area contributed by atoms with Crippen molar-refractivity contribution in [3.05, 3.63) is 0 Å². The average molecular weight is 374 g/mol. The second-order valence-corrected chi connectivity index (χ2v) is 5.56. The van der Waals surface area contributed by atoms with Crippen molar-refractivity contribution in [2.24, 2.45) is 5.92 Å². The zero-order valence-corrected chi connectivity index (χ0v) is 15.0. The highest BCUT2D eigenvalue weighted by atomic mass is 16.6. The van der Waals surface area contributed by atoms with Crippen molar-refractivity contribution in [2.45, 2.75) is 59.0 Å². The SMILES string of the molecule is CCCCC(C(=O)OC(C)=O)C(O)(CC(=O)OC(C)=O)C(=O)OC(C)=O. The van der Waals surface area contributed by atoms with Crippen LogP contribution in [0.3, 0.4) is 0 Å². The summed E-state index contributed by atoms with van der Waals surface area (Å²) in [7, 11) is 0. The third-order valence-corrected chi connectivity index (χ3v) is 3.21. The molecule has 2 atom stereocenters. The van der Waals surface area contributed by atoms with Crippen LogP contribution >= 0.6 is 0 Å². The lowest BCUT2D eigenvalue weighted by molar-refractivity contribution is -0.191. The molecule has 0 spiro atoms. The number of aliphatic hydroxyl groups is 1. The summed E-state index contributed by atoms with van der Waals surface area (Å²) in [6.07, 6.45) is -0.450. The van der Waals surface area contributed by atoms with Crippen LogP contribution in [0.2, 0.25) is 0 Å². The Morgan fingerprint density at radius 2 is 1.38 bits per heavy atom. The Bertz CT molecular complexity index is 594. The van der Waals surface area contributed by atoms with E-state index in [0.29, 0.717) is 12.8 Å². The molecule has 0 heterocycles. The van der Waals surface area contributed by atoms with E-state index in [2.05, 4.69) is 14.2 Å². The first kappa shape index (κ1) is 23.4. The van der Waals surface area contributed by atoms with Crippen molar-refractivity contribution in [1.29, 1.82) is 0 Å². The van der Waals surface area contributed by atoms with E-state index in [1.54, 1.807) is 6.92 Å². The van der Waals surface area contributed by atoms with E-state index in [1.165, 1.54) is 0 Å². The molecular weight excluding hydrogens is 352 g/mol. The van der Waals surface area contributed by atoms with Crippen LogP contribution < -0.4 is 0 Å². The van der Waals surface area contributed by atoms with E-state index >= 15 is 0 Å². The minimum absolute atomic E-state index is 0.153. The third-order valence-electron chi connectivity index (χ3n) is 3.21. The van der Waals surface area contributed by atoms with E-state index in [4.69, 9.17) is 0 Å². The molecule has 0 aromatic rings. The first-order valence-electron chi connectivity index (χ1n) is 7.82. The van der Waals surface area contributed by atoms with E-state index in [0.717, 1.165) is 20.8 Å². The highest BCUT2D eigenvalue weighted by molar-refractivity contribution is 5.98. The first-order valence-corrected chi connectivity index (χ1v) is 7.82. The summed E-state index contributed by atoms with van der Waals surface area (Å²) in [6, 6.07) is 0. The molecule has 1 N–H and O–H groups in total. The second kappa shape index (κ2) is 10.4. The predicted molar refractivity (Wildman–Crippen MR) is 82.9 cm³/mol. The number of carbonyl (C=O) groups excluding carboxylic acids is 6. The zero-order valence-electron chi connectivity index (χ0n) is 15.0. The van der Waals surface area contributed by atoms with Gasteiger partial charge in [0.1, 0.15) is 0 Å². The molecule has 0 saturated heterocycles. The Morgan fingerprint density at radius 3 is 1.81 bits per heavy atom. The van der Waals surface area contributed by atoms with Gasteiger partial charge in [0.2, 0.25) is 0 Å². The van der Waals surface area contributed by atoms with Crippen LogP contribution in [0.25, 0.3) is 0 Å². The molecule has 0 amide bonds. The van der Waals surface area contributed by atoms with Crippen molar-refractivity contribution >= 4 is 35.8 Å². The number of carbonyl (C=O) groups is 6. The highest BCUT2D eigenvalue weighted by Crippen LogP contribution is 2.30. The molecule has 0 saturated carbocycles. The number of rotatable bonds is 8. The largest absolute Gasteiger partial charge is 0.393 e. The lowest BCUT2D eigenvalue weighted by Crippen LogP contribution is -2.53. The molecule has 0 aromatic carbocycles. The van der Waals surface area contributed by atoms with Gasteiger partial charge in [0.15, 0.2) is 5.60 Å². The molecule has 0 aliphatic heterocycles. The van der Waals surface area contributed by atoms with Gasteiger partial charge in [-0.3, -0.25) is 24.0 Å². The quantitative estimate of drug-likeness (QED) is 0.354. The summed E-state index contributed by atoms with van der Waals surface area (Å²) in [5, 5.41) is 10.7. The van der Waals surface area contributed by atoms with Crippen molar-refractivity contribution in [3.8, 4) is 0 Å². The molecule has 0 radical (unpaired) electrons. The topological polar surface area (TPSA) is 150 Å². The fraction of sp³-hybridized carbons (Fsp3) is 0.625. The number of ether oxygens (including phenoxy) is 3. The Labute approximate surface area is 149 Å². The van der Waals surface area contributed by atoms with Crippen LogP contribution in [0.1, 0.15) is 53.4 Å². The van der Waals surface area contributed by atoms with Crippen LogP contribution in [0.5, 0.6) is 0 Å². The van der Waals surface area contributed by atoms with Gasteiger partial charge >= 0.3 is 35.8 Å². The van der Waals surface area contributed by atoms with E-state index in [1.807, 2.05) is 0 Å². The van der Waals surface area contributed by atoms with Crippen LogP contribution in [0.15, 0.2) is 0 Å². The molecule has 0 aliphatic rings. The first-order chi connectivity index (χ1) is 11.9. The second-order valence-electron chi connectivity index (χ2n) is 5.56. The maximum Gasteiger partial charge on any atom is 0.347 e. The van der Waals surface area contributed by atoms with Gasteiger partial charge in [-0.25, -0.2) is 4.79 Å². The molecule has 146 valence electrons. The summed E-state index contributed by atoms with van der Waals surface area (Å²) in [4.78, 5) is 69.1. The van der Waals surface area contributed by atoms with Crippen LogP contribution in [-0.2, 0) is 43.0 Å². The summed E-state index contributed by atoms with van der Waals surface area (Å²) in [5.74, 6) is -8.98. The predicted octanol–water partition coefficient (Wildman–Crippen LogP) is 0.183. The standard InChI is InChI=1S/C16H22O10/c1-5-6-7-12(14(21)25-10(3)18)16(23,15(22)26-11(4)19)8-13(20)24-9(2)17/h12,23H,5-8H2,1-4H3. The monoisotopic (exact) mass is 374 g/mol. The molecule has 0 aliphatic carbocycles. The average Bonchev–Trinajstić information content (AvgIpc) is 2.44. The molecule has 2 unspecified atom stereocenters. The van der Waals surface area contributed by atoms with Crippen molar-refractivity contribution in [3.63, 3.8) is 0 Å². The van der Waals surface area contributed by atoms with Crippen molar-refractivity contribution in [1.82, 2.24) is 0 Å². The molecular formula is C16H22O10. The van der Waals surface area contributed by atoms with Gasteiger partial charge in [0.25, 0.3) is 0 Å². The number of esters is 6. The van der Waals surface area contributed by atoms with Gasteiger partial charge in [-0.1, -0.05) is 19.8 Å². The van der Waals surface area contributed by atoms with Crippen LogP contribution in [0.4, 0.5) is 0 Å². The third kappa shape index (κ3) is 7.51. The highest BCUT2D eigenvalue weighted by Gasteiger charge is 2.52. The molecule has 10 nitrogen and oxygen atoms in total. The molecule has 0 aromatic heterocycles. The fourth-order valence-electron chi connectivity index (χ4n) is 2.15. The van der Waals surface area contributed by atoms with Crippen LogP contribution in [0, 0.1) is 5.92 Å². The van der Waals surface area contributed by atoms with Gasteiger partial charge in [-0.2, -0.15) is 0 Å². The lowest BCUT2D eigenvalue weighted by Gasteiger charge is -2.30. The maximum absolute atomic E-state index is 12.2. The molecule has 0 bridgehead atoms. The Kier molecular flexibility index (Phi) is 9.34. The summed E-state index contributed by atoms with van der Waals surface area (Å²) >= 11 is 0. The summed E-state index contributed by atoms with van der Waals surface area (Å²) < 4.78 is 13.0. The Balaban J connectivity index is 5.89. The molecule has 10 heteroatoms. The van der Waals surface area contributed by atoms with E-state index in [-0.39, 0.29) is 6.42 Å².